The van der Waals surface area contributed by atoms with Crippen LogP contribution in [0.1, 0.15) is 12.5 Å². The number of halogens is 5. The highest BCUT2D eigenvalue weighted by atomic mass is 32.2. The SMILES string of the molecule is CCSCCn1c(=N)sc2cc(C(F)(F)C(F)(F)F)ccc21. The number of thioether (sulfide) groups is 1. The second-order valence-corrected chi connectivity index (χ2v) is 6.93. The van der Waals surface area contributed by atoms with Crippen LogP contribution < -0.4 is 4.80 Å². The average Bonchev–Trinajstić information content (AvgIpc) is 2.73. The second-order valence-electron chi connectivity index (χ2n) is 4.51. The van der Waals surface area contributed by atoms with Crippen LogP contribution in [0.25, 0.3) is 10.2 Å². The molecule has 1 aromatic carbocycles. The number of fused-ring (bicyclic) bond motifs is 1. The van der Waals surface area contributed by atoms with Crippen LogP contribution >= 0.6 is 23.1 Å². The summed E-state index contributed by atoms with van der Waals surface area (Å²) < 4.78 is 65.9. The lowest BCUT2D eigenvalue weighted by molar-refractivity contribution is -0.289. The third-order valence-corrected chi connectivity index (χ3v) is 4.92. The molecule has 0 aliphatic carbocycles. The first-order valence-corrected chi connectivity index (χ1v) is 8.36. The van der Waals surface area contributed by atoms with E-state index in [1.165, 1.54) is 6.07 Å². The standard InChI is InChI=1S/C13H13F5N2S2/c1-2-21-6-5-20-9-4-3-8(7-10(9)22-11(20)19)12(14,15)13(16,17)18/h3-4,7,19H,2,5-6H2,1H3. The molecule has 122 valence electrons. The summed E-state index contributed by atoms with van der Waals surface area (Å²) in [5, 5.41) is 7.85. The molecule has 1 N–H and O–H groups in total. The predicted octanol–water partition coefficient (Wildman–Crippen LogP) is 4.59. The maximum atomic E-state index is 13.4. The number of hydrogen-bond donors (Lipinski definition) is 1. The first-order chi connectivity index (χ1) is 10.2. The molecule has 1 aromatic heterocycles. The molecule has 0 saturated heterocycles. The van der Waals surface area contributed by atoms with E-state index in [2.05, 4.69) is 0 Å². The molecule has 0 saturated carbocycles. The summed E-state index contributed by atoms with van der Waals surface area (Å²) in [7, 11) is 0. The largest absolute Gasteiger partial charge is 0.458 e. The van der Waals surface area contributed by atoms with E-state index >= 15 is 0 Å². The van der Waals surface area contributed by atoms with E-state index in [-0.39, 0.29) is 9.50 Å². The van der Waals surface area contributed by atoms with Crippen molar-refractivity contribution in [1.29, 1.82) is 5.41 Å². The first kappa shape index (κ1) is 17.3. The van der Waals surface area contributed by atoms with Gasteiger partial charge in [0.05, 0.1) is 10.2 Å². The summed E-state index contributed by atoms with van der Waals surface area (Å²) in [6, 6.07) is 2.84. The van der Waals surface area contributed by atoms with Gasteiger partial charge >= 0.3 is 12.1 Å². The van der Waals surface area contributed by atoms with Crippen molar-refractivity contribution in [1.82, 2.24) is 4.57 Å². The van der Waals surface area contributed by atoms with Gasteiger partial charge in [-0.05, 0) is 17.9 Å². The third-order valence-electron chi connectivity index (χ3n) is 3.08. The average molecular weight is 356 g/mol. The predicted molar refractivity (Wildman–Crippen MR) is 78.6 cm³/mol. The maximum absolute atomic E-state index is 13.4. The highest BCUT2D eigenvalue weighted by molar-refractivity contribution is 7.99. The number of hydrogen-bond acceptors (Lipinski definition) is 3. The summed E-state index contributed by atoms with van der Waals surface area (Å²) in [6.45, 7) is 2.51. The highest BCUT2D eigenvalue weighted by Gasteiger charge is 2.58. The fraction of sp³-hybridized carbons (Fsp3) is 0.462. The minimum Gasteiger partial charge on any atom is -0.316 e. The van der Waals surface area contributed by atoms with Crippen molar-refractivity contribution in [2.24, 2.45) is 0 Å². The number of alkyl halides is 5. The molecule has 2 rings (SSSR count). The lowest BCUT2D eigenvalue weighted by Crippen LogP contribution is -2.33. The van der Waals surface area contributed by atoms with Crippen LogP contribution in [-0.4, -0.2) is 22.2 Å². The van der Waals surface area contributed by atoms with E-state index in [0.29, 0.717) is 12.1 Å². The molecule has 2 nitrogen and oxygen atoms in total. The molecule has 22 heavy (non-hydrogen) atoms. The molecule has 1 heterocycles. The Hall–Kier alpha value is -1.09. The van der Waals surface area contributed by atoms with Crippen LogP contribution in [0.15, 0.2) is 18.2 Å². The maximum Gasteiger partial charge on any atom is 0.458 e. The molecule has 9 heteroatoms. The van der Waals surface area contributed by atoms with E-state index in [4.69, 9.17) is 5.41 Å². The Kier molecular flexibility index (Phi) is 4.86. The zero-order valence-corrected chi connectivity index (χ0v) is 13.1. The monoisotopic (exact) mass is 356 g/mol. The highest BCUT2D eigenvalue weighted by Crippen LogP contribution is 2.44. The van der Waals surface area contributed by atoms with Crippen LogP contribution in [0.5, 0.6) is 0 Å². The number of nitrogens with one attached hydrogen (secondary N) is 1. The zero-order valence-electron chi connectivity index (χ0n) is 11.5. The number of thiazole rings is 1. The first-order valence-electron chi connectivity index (χ1n) is 6.39. The summed E-state index contributed by atoms with van der Waals surface area (Å²) in [4.78, 5) is 0.138. The molecule has 0 amide bonds. The van der Waals surface area contributed by atoms with Crippen molar-refractivity contribution < 1.29 is 22.0 Å². The Balaban J connectivity index is 2.43. The molecule has 2 aromatic rings. The van der Waals surface area contributed by atoms with Gasteiger partial charge in [0, 0.05) is 17.9 Å². The van der Waals surface area contributed by atoms with Gasteiger partial charge in [-0.15, -0.1) is 0 Å². The molecular weight excluding hydrogens is 343 g/mol. The minimum atomic E-state index is -5.63. The number of benzene rings is 1. The van der Waals surface area contributed by atoms with Crippen molar-refractivity contribution in [3.8, 4) is 0 Å². The van der Waals surface area contributed by atoms with Gasteiger partial charge in [-0.2, -0.15) is 33.7 Å². The molecule has 0 fully saturated rings. The lowest BCUT2D eigenvalue weighted by Gasteiger charge is -2.19. The Morgan fingerprint density at radius 1 is 1.23 bits per heavy atom. The van der Waals surface area contributed by atoms with Crippen LogP contribution in [-0.2, 0) is 12.5 Å². The van der Waals surface area contributed by atoms with Crippen LogP contribution in [0.2, 0.25) is 0 Å². The zero-order chi connectivity index (χ0) is 16.5. The molecule has 0 aliphatic rings. The Bertz CT molecular complexity index is 717. The van der Waals surface area contributed by atoms with Crippen LogP contribution in [0.3, 0.4) is 0 Å². The van der Waals surface area contributed by atoms with Gasteiger partial charge in [-0.3, -0.25) is 5.41 Å². The van der Waals surface area contributed by atoms with Gasteiger partial charge in [0.15, 0.2) is 4.80 Å². The molecule has 0 unspecified atom stereocenters. The van der Waals surface area contributed by atoms with Gasteiger partial charge < -0.3 is 4.57 Å². The van der Waals surface area contributed by atoms with Crippen molar-refractivity contribution in [3.05, 3.63) is 28.6 Å². The molecule has 0 radical (unpaired) electrons. The Morgan fingerprint density at radius 3 is 2.50 bits per heavy atom. The van der Waals surface area contributed by atoms with E-state index < -0.39 is 17.7 Å². The van der Waals surface area contributed by atoms with E-state index in [1.807, 2.05) is 6.92 Å². The third kappa shape index (κ3) is 3.15. The van der Waals surface area contributed by atoms with E-state index in [1.54, 1.807) is 16.3 Å². The van der Waals surface area contributed by atoms with E-state index in [0.717, 1.165) is 35.0 Å². The summed E-state index contributed by atoms with van der Waals surface area (Å²) >= 11 is 2.56. The summed E-state index contributed by atoms with van der Waals surface area (Å²) in [6.07, 6.45) is -5.63. The number of nitrogens with zero attached hydrogens (tertiary/aromatic N) is 1. The van der Waals surface area contributed by atoms with Crippen LogP contribution in [0, 0.1) is 5.41 Å². The van der Waals surface area contributed by atoms with Crippen LogP contribution in [0.4, 0.5) is 22.0 Å². The fourth-order valence-electron chi connectivity index (χ4n) is 1.97. The van der Waals surface area contributed by atoms with Crippen molar-refractivity contribution in [2.75, 3.05) is 11.5 Å². The molecule has 0 spiro atoms. The number of rotatable bonds is 5. The quantitative estimate of drug-likeness (QED) is 0.616. The minimum absolute atomic E-state index is 0.138. The van der Waals surface area contributed by atoms with Gasteiger partial charge in [0.1, 0.15) is 0 Å². The summed E-state index contributed by atoms with van der Waals surface area (Å²) in [5.74, 6) is -3.23. The van der Waals surface area contributed by atoms with Crippen molar-refractivity contribution in [2.45, 2.75) is 25.6 Å². The molecular formula is C13H13F5N2S2. The summed E-state index contributed by atoms with van der Waals surface area (Å²) in [5.41, 5.74) is -0.586. The Morgan fingerprint density at radius 2 is 1.91 bits per heavy atom. The van der Waals surface area contributed by atoms with Gasteiger partial charge in [0.2, 0.25) is 0 Å². The smallest absolute Gasteiger partial charge is 0.316 e. The van der Waals surface area contributed by atoms with E-state index in [9.17, 15) is 22.0 Å². The van der Waals surface area contributed by atoms with Crippen molar-refractivity contribution in [3.63, 3.8) is 0 Å². The number of aromatic nitrogens is 1. The Labute approximate surface area is 131 Å². The second kappa shape index (κ2) is 6.19. The number of aryl methyl sites for hydroxylation is 1. The molecule has 0 bridgehead atoms. The molecule has 0 aliphatic heterocycles. The van der Waals surface area contributed by atoms with Crippen molar-refractivity contribution >= 4 is 33.3 Å². The molecule has 0 atom stereocenters. The van der Waals surface area contributed by atoms with Gasteiger partial charge in [-0.25, -0.2) is 0 Å². The topological polar surface area (TPSA) is 28.8 Å². The van der Waals surface area contributed by atoms with Gasteiger partial charge in [0.25, 0.3) is 0 Å². The fourth-order valence-corrected chi connectivity index (χ4v) is 3.55. The van der Waals surface area contributed by atoms with Gasteiger partial charge in [-0.1, -0.05) is 24.3 Å². The lowest BCUT2D eigenvalue weighted by atomic mass is 10.1. The normalized spacial score (nSPS) is 13.0.